The van der Waals surface area contributed by atoms with Crippen LogP contribution in [0.25, 0.3) is 0 Å². The number of amides is 1. The molecule has 4 nitrogen and oxygen atoms in total. The van der Waals surface area contributed by atoms with E-state index in [-0.39, 0.29) is 5.91 Å². The Labute approximate surface area is 99.6 Å². The van der Waals surface area contributed by atoms with Crippen LogP contribution in [0, 0.1) is 5.41 Å². The van der Waals surface area contributed by atoms with E-state index in [0.717, 1.165) is 16.8 Å². The summed E-state index contributed by atoms with van der Waals surface area (Å²) in [6.07, 6.45) is 0.794. The van der Waals surface area contributed by atoms with Gasteiger partial charge in [0.1, 0.15) is 0 Å². The Morgan fingerprint density at radius 2 is 2.18 bits per heavy atom. The van der Waals surface area contributed by atoms with E-state index in [9.17, 15) is 9.59 Å². The first-order valence-corrected chi connectivity index (χ1v) is 5.54. The SMILES string of the molecule is CC(C)(Cc1cccc2c1NC(=O)C2)C(=O)O. The number of carbonyl (C=O) groups is 2. The van der Waals surface area contributed by atoms with Gasteiger partial charge in [-0.15, -0.1) is 0 Å². The van der Waals surface area contributed by atoms with Crippen LogP contribution in [0.5, 0.6) is 0 Å². The van der Waals surface area contributed by atoms with Crippen molar-refractivity contribution in [2.75, 3.05) is 5.32 Å². The van der Waals surface area contributed by atoms with Crippen molar-refractivity contribution in [1.29, 1.82) is 0 Å². The molecular formula is C13H15NO3. The summed E-state index contributed by atoms with van der Waals surface area (Å²) in [6, 6.07) is 5.63. The first-order valence-electron chi connectivity index (χ1n) is 5.54. The Kier molecular flexibility index (Phi) is 2.65. The van der Waals surface area contributed by atoms with Gasteiger partial charge in [-0.05, 0) is 31.4 Å². The average Bonchev–Trinajstić information content (AvgIpc) is 2.59. The summed E-state index contributed by atoms with van der Waals surface area (Å²) in [4.78, 5) is 22.4. The second-order valence-electron chi connectivity index (χ2n) is 5.04. The number of hydrogen-bond donors (Lipinski definition) is 2. The van der Waals surface area contributed by atoms with E-state index in [1.807, 2.05) is 18.2 Å². The largest absolute Gasteiger partial charge is 0.481 e. The predicted octanol–water partition coefficient (Wildman–Crippen LogP) is 1.83. The Hall–Kier alpha value is -1.84. The number of para-hydroxylation sites is 1. The molecule has 0 bridgehead atoms. The lowest BCUT2D eigenvalue weighted by Crippen LogP contribution is -2.26. The van der Waals surface area contributed by atoms with Gasteiger partial charge in [0.2, 0.25) is 5.91 Å². The normalized spacial score (nSPS) is 14.4. The Balaban J connectivity index is 2.33. The van der Waals surface area contributed by atoms with Crippen molar-refractivity contribution in [3.63, 3.8) is 0 Å². The van der Waals surface area contributed by atoms with Crippen LogP contribution >= 0.6 is 0 Å². The van der Waals surface area contributed by atoms with Crippen molar-refractivity contribution >= 4 is 17.6 Å². The molecule has 4 heteroatoms. The molecule has 0 aromatic heterocycles. The van der Waals surface area contributed by atoms with E-state index >= 15 is 0 Å². The van der Waals surface area contributed by atoms with Crippen LogP contribution in [-0.2, 0) is 22.4 Å². The third-order valence-electron chi connectivity index (χ3n) is 3.06. The Bertz CT molecular complexity index is 491. The van der Waals surface area contributed by atoms with Crippen molar-refractivity contribution < 1.29 is 14.7 Å². The summed E-state index contributed by atoms with van der Waals surface area (Å²) in [5.74, 6) is -0.861. The molecule has 1 aliphatic rings. The van der Waals surface area contributed by atoms with Crippen LogP contribution in [0.15, 0.2) is 18.2 Å². The fourth-order valence-corrected chi connectivity index (χ4v) is 2.02. The minimum atomic E-state index is -0.834. The van der Waals surface area contributed by atoms with Crippen LogP contribution in [0.3, 0.4) is 0 Å². The molecular weight excluding hydrogens is 218 g/mol. The topological polar surface area (TPSA) is 66.4 Å². The Morgan fingerprint density at radius 3 is 2.82 bits per heavy atom. The number of benzene rings is 1. The summed E-state index contributed by atoms with van der Waals surface area (Å²) < 4.78 is 0. The van der Waals surface area contributed by atoms with Gasteiger partial charge < -0.3 is 10.4 Å². The molecule has 17 heavy (non-hydrogen) atoms. The number of rotatable bonds is 3. The lowest BCUT2D eigenvalue weighted by Gasteiger charge is -2.20. The molecule has 1 aliphatic heterocycles. The molecule has 0 saturated carbocycles. The minimum Gasteiger partial charge on any atom is -0.481 e. The highest BCUT2D eigenvalue weighted by molar-refractivity contribution is 6.00. The van der Waals surface area contributed by atoms with E-state index in [2.05, 4.69) is 5.32 Å². The molecule has 0 atom stereocenters. The summed E-state index contributed by atoms with van der Waals surface area (Å²) in [5, 5.41) is 11.9. The number of nitrogens with one attached hydrogen (secondary N) is 1. The van der Waals surface area contributed by atoms with Crippen molar-refractivity contribution in [2.24, 2.45) is 5.41 Å². The first kappa shape index (κ1) is 11.6. The lowest BCUT2D eigenvalue weighted by atomic mass is 9.85. The monoisotopic (exact) mass is 233 g/mol. The molecule has 0 radical (unpaired) electrons. The maximum absolute atomic E-state index is 11.3. The predicted molar refractivity (Wildman–Crippen MR) is 63.9 cm³/mol. The molecule has 1 aromatic carbocycles. The van der Waals surface area contributed by atoms with Crippen molar-refractivity contribution in [1.82, 2.24) is 0 Å². The molecule has 1 heterocycles. The maximum atomic E-state index is 11.3. The molecule has 2 rings (SSSR count). The van der Waals surface area contributed by atoms with Crippen LogP contribution in [0.2, 0.25) is 0 Å². The van der Waals surface area contributed by atoms with Crippen molar-refractivity contribution in [3.8, 4) is 0 Å². The van der Waals surface area contributed by atoms with Crippen LogP contribution in [0.4, 0.5) is 5.69 Å². The standard InChI is InChI=1S/C13H15NO3/c1-13(2,12(16)17)7-9-5-3-4-8-6-10(15)14-11(8)9/h3-5H,6-7H2,1-2H3,(H,14,15)(H,16,17). The van der Waals surface area contributed by atoms with Gasteiger partial charge in [-0.3, -0.25) is 9.59 Å². The minimum absolute atomic E-state index is 0.0272. The maximum Gasteiger partial charge on any atom is 0.309 e. The molecule has 1 aromatic rings. The number of anilines is 1. The van der Waals surface area contributed by atoms with E-state index in [0.29, 0.717) is 12.8 Å². The second kappa shape index (κ2) is 3.87. The third-order valence-corrected chi connectivity index (χ3v) is 3.06. The first-order chi connectivity index (χ1) is 7.90. The van der Waals surface area contributed by atoms with E-state index in [1.165, 1.54) is 0 Å². The lowest BCUT2D eigenvalue weighted by molar-refractivity contribution is -0.146. The number of carboxylic acid groups (broad SMARTS) is 1. The molecule has 0 fully saturated rings. The number of fused-ring (bicyclic) bond motifs is 1. The Morgan fingerprint density at radius 1 is 1.47 bits per heavy atom. The van der Waals surface area contributed by atoms with Gasteiger partial charge in [-0.1, -0.05) is 18.2 Å². The van der Waals surface area contributed by atoms with Crippen molar-refractivity contribution in [2.45, 2.75) is 26.7 Å². The smallest absolute Gasteiger partial charge is 0.309 e. The van der Waals surface area contributed by atoms with Gasteiger partial charge in [0.05, 0.1) is 11.8 Å². The third kappa shape index (κ3) is 2.16. The van der Waals surface area contributed by atoms with Crippen LogP contribution < -0.4 is 5.32 Å². The zero-order valence-corrected chi connectivity index (χ0v) is 9.91. The average molecular weight is 233 g/mol. The molecule has 0 saturated heterocycles. The molecule has 2 N–H and O–H groups in total. The van der Waals surface area contributed by atoms with Gasteiger partial charge in [0.25, 0.3) is 0 Å². The molecule has 0 unspecified atom stereocenters. The fraction of sp³-hybridized carbons (Fsp3) is 0.385. The van der Waals surface area contributed by atoms with Gasteiger partial charge in [0.15, 0.2) is 0 Å². The number of carboxylic acids is 1. The van der Waals surface area contributed by atoms with Gasteiger partial charge in [-0.2, -0.15) is 0 Å². The van der Waals surface area contributed by atoms with Crippen LogP contribution in [-0.4, -0.2) is 17.0 Å². The van der Waals surface area contributed by atoms with Gasteiger partial charge in [0, 0.05) is 5.69 Å². The van der Waals surface area contributed by atoms with Crippen LogP contribution in [0.1, 0.15) is 25.0 Å². The molecule has 0 aliphatic carbocycles. The zero-order valence-electron chi connectivity index (χ0n) is 9.91. The number of carbonyl (C=O) groups excluding carboxylic acids is 1. The highest BCUT2D eigenvalue weighted by Gasteiger charge is 2.30. The number of aliphatic carboxylic acids is 1. The van der Waals surface area contributed by atoms with E-state index in [4.69, 9.17) is 5.11 Å². The quantitative estimate of drug-likeness (QED) is 0.837. The van der Waals surface area contributed by atoms with E-state index in [1.54, 1.807) is 13.8 Å². The van der Waals surface area contributed by atoms with Gasteiger partial charge in [-0.25, -0.2) is 0 Å². The zero-order chi connectivity index (χ0) is 12.6. The second-order valence-corrected chi connectivity index (χ2v) is 5.04. The van der Waals surface area contributed by atoms with E-state index < -0.39 is 11.4 Å². The summed E-state index contributed by atoms with van der Waals surface area (Å²) in [6.45, 7) is 3.37. The molecule has 1 amide bonds. The molecule has 90 valence electrons. The highest BCUT2D eigenvalue weighted by Crippen LogP contribution is 2.32. The summed E-state index contributed by atoms with van der Waals surface area (Å²) >= 11 is 0. The highest BCUT2D eigenvalue weighted by atomic mass is 16.4. The summed E-state index contributed by atoms with van der Waals surface area (Å²) in [5.41, 5.74) is 1.81. The summed E-state index contributed by atoms with van der Waals surface area (Å²) in [7, 11) is 0. The number of hydrogen-bond acceptors (Lipinski definition) is 2. The fourth-order valence-electron chi connectivity index (χ4n) is 2.02. The van der Waals surface area contributed by atoms with Gasteiger partial charge >= 0.3 is 5.97 Å². The van der Waals surface area contributed by atoms with Crippen molar-refractivity contribution in [3.05, 3.63) is 29.3 Å². The molecule has 0 spiro atoms.